The summed E-state index contributed by atoms with van der Waals surface area (Å²) in [5.74, 6) is 0.349. The van der Waals surface area contributed by atoms with Gasteiger partial charge in [0.15, 0.2) is 0 Å². The molecule has 1 heterocycles. The van der Waals surface area contributed by atoms with Crippen LogP contribution in [0, 0.1) is 0 Å². The Morgan fingerprint density at radius 2 is 2.00 bits per heavy atom. The monoisotopic (exact) mass is 203 g/mol. The molecule has 0 bridgehead atoms. The Labute approximate surface area is 88.5 Å². The number of hydrogen-bond donors (Lipinski definition) is 1. The lowest BCUT2D eigenvalue weighted by Crippen LogP contribution is -2.39. The molecule has 0 radical (unpaired) electrons. The first-order chi connectivity index (χ1) is 7.00. The number of benzene rings is 1. The fourth-order valence-corrected chi connectivity index (χ4v) is 1.72. The minimum absolute atomic E-state index is 0.436. The maximum Gasteiger partial charge on any atom is 0.248 e. The van der Waals surface area contributed by atoms with Crippen LogP contribution < -0.4 is 10.5 Å². The van der Waals surface area contributed by atoms with Crippen molar-refractivity contribution in [3.8, 4) is 5.75 Å². The van der Waals surface area contributed by atoms with Crippen LogP contribution in [0.25, 0.3) is 6.08 Å². The summed E-state index contributed by atoms with van der Waals surface area (Å²) in [4.78, 5) is 11.3. The van der Waals surface area contributed by atoms with Crippen molar-refractivity contribution >= 4 is 12.0 Å². The topological polar surface area (TPSA) is 52.3 Å². The van der Waals surface area contributed by atoms with E-state index in [2.05, 4.69) is 0 Å². The molecule has 15 heavy (non-hydrogen) atoms. The first-order valence-corrected chi connectivity index (χ1v) is 4.81. The van der Waals surface area contributed by atoms with Crippen molar-refractivity contribution in [2.24, 2.45) is 5.73 Å². The van der Waals surface area contributed by atoms with Gasteiger partial charge in [-0.25, -0.2) is 0 Å². The minimum Gasteiger partial charge on any atom is -0.482 e. The van der Waals surface area contributed by atoms with E-state index >= 15 is 0 Å². The lowest BCUT2D eigenvalue weighted by atomic mass is 9.92. The van der Waals surface area contributed by atoms with Gasteiger partial charge in [-0.2, -0.15) is 0 Å². The minimum atomic E-state index is -0.653. The highest BCUT2D eigenvalue weighted by molar-refractivity contribution is 5.99. The van der Waals surface area contributed by atoms with E-state index in [0.29, 0.717) is 5.57 Å². The average Bonchev–Trinajstić information content (AvgIpc) is 2.14. The van der Waals surface area contributed by atoms with Crippen molar-refractivity contribution in [2.45, 2.75) is 19.4 Å². The number of amides is 1. The van der Waals surface area contributed by atoms with E-state index in [-0.39, 0.29) is 0 Å². The van der Waals surface area contributed by atoms with E-state index in [1.807, 2.05) is 38.1 Å². The Bertz CT molecular complexity index is 447. The second kappa shape index (κ2) is 3.12. The Morgan fingerprint density at radius 3 is 2.67 bits per heavy atom. The van der Waals surface area contributed by atoms with Crippen molar-refractivity contribution in [3.63, 3.8) is 0 Å². The summed E-state index contributed by atoms with van der Waals surface area (Å²) < 4.78 is 5.72. The number of nitrogens with two attached hydrogens (primary N) is 1. The number of ether oxygens (including phenoxy) is 1. The van der Waals surface area contributed by atoms with Gasteiger partial charge in [-0.15, -0.1) is 0 Å². The molecule has 0 saturated heterocycles. The molecule has 3 heteroatoms. The van der Waals surface area contributed by atoms with Crippen LogP contribution >= 0.6 is 0 Å². The molecule has 78 valence electrons. The number of para-hydroxylation sites is 1. The molecule has 1 aliphatic heterocycles. The molecule has 2 rings (SSSR count). The fourth-order valence-electron chi connectivity index (χ4n) is 1.72. The number of primary amides is 1. The molecule has 0 unspecified atom stereocenters. The summed E-state index contributed by atoms with van der Waals surface area (Å²) in [6.45, 7) is 3.67. The smallest absolute Gasteiger partial charge is 0.248 e. The third-order valence-corrected chi connectivity index (χ3v) is 2.50. The highest BCUT2D eigenvalue weighted by atomic mass is 16.5. The molecule has 0 saturated carbocycles. The number of carbonyl (C=O) groups is 1. The van der Waals surface area contributed by atoms with Gasteiger partial charge in [-0.05, 0) is 26.0 Å². The molecule has 0 fully saturated rings. The molecule has 2 N–H and O–H groups in total. The van der Waals surface area contributed by atoms with Crippen molar-refractivity contribution in [1.82, 2.24) is 0 Å². The fraction of sp³-hybridized carbons (Fsp3) is 0.250. The van der Waals surface area contributed by atoms with Gasteiger partial charge in [-0.1, -0.05) is 18.2 Å². The van der Waals surface area contributed by atoms with Crippen molar-refractivity contribution in [1.29, 1.82) is 0 Å². The third-order valence-electron chi connectivity index (χ3n) is 2.50. The Kier molecular flexibility index (Phi) is 2.03. The van der Waals surface area contributed by atoms with Gasteiger partial charge in [0.1, 0.15) is 11.4 Å². The predicted octanol–water partition coefficient (Wildman–Crippen LogP) is 1.73. The molecular weight excluding hydrogens is 190 g/mol. The summed E-state index contributed by atoms with van der Waals surface area (Å²) in [7, 11) is 0. The molecule has 1 amide bonds. The molecule has 0 aliphatic carbocycles. The first-order valence-electron chi connectivity index (χ1n) is 4.81. The number of rotatable bonds is 1. The second-order valence-corrected chi connectivity index (χ2v) is 4.07. The van der Waals surface area contributed by atoms with E-state index in [4.69, 9.17) is 10.5 Å². The Hall–Kier alpha value is -1.77. The molecule has 1 aromatic carbocycles. The predicted molar refractivity (Wildman–Crippen MR) is 58.3 cm³/mol. The molecule has 0 atom stereocenters. The van der Waals surface area contributed by atoms with Crippen molar-refractivity contribution < 1.29 is 9.53 Å². The molecular formula is C12H13NO2. The molecule has 3 nitrogen and oxygen atoms in total. The lowest BCUT2D eigenvalue weighted by molar-refractivity contribution is -0.116. The Morgan fingerprint density at radius 1 is 1.33 bits per heavy atom. The summed E-state index contributed by atoms with van der Waals surface area (Å²) >= 11 is 0. The Balaban J connectivity index is 2.57. The van der Waals surface area contributed by atoms with E-state index in [1.165, 1.54) is 0 Å². The standard InChI is InChI=1S/C12H13NO2/c1-12(2)9(11(13)14)7-8-5-3-4-6-10(8)15-12/h3-7H,1-2H3,(H2,13,14). The largest absolute Gasteiger partial charge is 0.482 e. The van der Waals surface area contributed by atoms with E-state index in [9.17, 15) is 4.79 Å². The molecule has 1 aromatic rings. The zero-order chi connectivity index (χ0) is 11.1. The van der Waals surface area contributed by atoms with Crippen molar-refractivity contribution in [3.05, 3.63) is 35.4 Å². The van der Waals surface area contributed by atoms with Gasteiger partial charge < -0.3 is 10.5 Å². The SMILES string of the molecule is CC1(C)Oc2ccccc2C=C1C(N)=O. The van der Waals surface area contributed by atoms with Crippen molar-refractivity contribution in [2.75, 3.05) is 0 Å². The highest BCUT2D eigenvalue weighted by Gasteiger charge is 2.33. The average molecular weight is 203 g/mol. The quantitative estimate of drug-likeness (QED) is 0.755. The molecule has 0 aromatic heterocycles. The van der Waals surface area contributed by atoms with Crippen LogP contribution in [0.2, 0.25) is 0 Å². The second-order valence-electron chi connectivity index (χ2n) is 4.07. The van der Waals surface area contributed by atoms with Gasteiger partial charge in [0.2, 0.25) is 5.91 Å². The van der Waals surface area contributed by atoms with Gasteiger partial charge in [0.25, 0.3) is 0 Å². The van der Waals surface area contributed by atoms with Crippen LogP contribution in [0.4, 0.5) is 0 Å². The van der Waals surface area contributed by atoms with Crippen LogP contribution in [0.5, 0.6) is 5.75 Å². The van der Waals surface area contributed by atoms with E-state index in [1.54, 1.807) is 6.08 Å². The number of carbonyl (C=O) groups excluding carboxylic acids is 1. The van der Waals surface area contributed by atoms with Gasteiger partial charge in [0, 0.05) is 5.56 Å². The van der Waals surface area contributed by atoms with Gasteiger partial charge in [-0.3, -0.25) is 4.79 Å². The summed E-state index contributed by atoms with van der Waals surface area (Å²) in [5, 5.41) is 0. The number of fused-ring (bicyclic) bond motifs is 1. The summed E-state index contributed by atoms with van der Waals surface area (Å²) in [6.07, 6.45) is 1.79. The maximum atomic E-state index is 11.3. The van der Waals surface area contributed by atoms with E-state index < -0.39 is 11.5 Å². The molecule has 0 spiro atoms. The highest BCUT2D eigenvalue weighted by Crippen LogP contribution is 2.34. The zero-order valence-electron chi connectivity index (χ0n) is 8.78. The molecule has 1 aliphatic rings. The first kappa shape index (κ1) is 9.77. The van der Waals surface area contributed by atoms with Crippen LogP contribution in [-0.4, -0.2) is 11.5 Å². The summed E-state index contributed by atoms with van der Waals surface area (Å²) in [5.41, 5.74) is 6.06. The van der Waals surface area contributed by atoms with Crippen LogP contribution in [-0.2, 0) is 4.79 Å². The lowest BCUT2D eigenvalue weighted by Gasteiger charge is -2.32. The third kappa shape index (κ3) is 1.61. The summed E-state index contributed by atoms with van der Waals surface area (Å²) in [6, 6.07) is 7.58. The zero-order valence-corrected chi connectivity index (χ0v) is 8.78. The van der Waals surface area contributed by atoms with Crippen LogP contribution in [0.15, 0.2) is 29.8 Å². The van der Waals surface area contributed by atoms with Gasteiger partial charge in [0.05, 0.1) is 5.57 Å². The van der Waals surface area contributed by atoms with E-state index in [0.717, 1.165) is 11.3 Å². The van der Waals surface area contributed by atoms with Crippen LogP contribution in [0.1, 0.15) is 19.4 Å². The number of hydrogen-bond acceptors (Lipinski definition) is 2. The maximum absolute atomic E-state index is 11.3. The normalized spacial score (nSPS) is 17.3. The van der Waals surface area contributed by atoms with Crippen LogP contribution in [0.3, 0.4) is 0 Å². The van der Waals surface area contributed by atoms with Gasteiger partial charge >= 0.3 is 0 Å².